The number of aryl methyl sites for hydroxylation is 1. The van der Waals surface area contributed by atoms with Gasteiger partial charge >= 0.3 is 0 Å². The second kappa shape index (κ2) is 6.20. The van der Waals surface area contributed by atoms with Crippen LogP contribution in [0.5, 0.6) is 0 Å². The topological polar surface area (TPSA) is 46.4 Å². The molecule has 0 unspecified atom stereocenters. The van der Waals surface area contributed by atoms with E-state index in [-0.39, 0.29) is 5.91 Å². The minimum absolute atomic E-state index is 0.0969. The molecule has 0 aliphatic carbocycles. The third-order valence-electron chi connectivity index (χ3n) is 3.47. The van der Waals surface area contributed by atoms with Crippen molar-refractivity contribution in [1.82, 2.24) is 14.7 Å². The van der Waals surface area contributed by atoms with Crippen LogP contribution in [-0.4, -0.2) is 21.8 Å². The Bertz CT molecular complexity index is 826. The molecule has 1 amide bonds. The van der Waals surface area contributed by atoms with E-state index in [1.807, 2.05) is 47.9 Å². The minimum Gasteiger partial charge on any atom is -0.352 e. The van der Waals surface area contributed by atoms with Crippen molar-refractivity contribution in [2.45, 2.75) is 13.3 Å². The highest BCUT2D eigenvalue weighted by atomic mass is 35.5. The average molecular weight is 314 g/mol. The van der Waals surface area contributed by atoms with Gasteiger partial charge in [-0.1, -0.05) is 29.8 Å². The van der Waals surface area contributed by atoms with Crippen LogP contribution in [0.25, 0.3) is 5.65 Å². The molecule has 0 fully saturated rings. The molecule has 0 aliphatic heterocycles. The number of carbonyl (C=O) groups is 1. The molecule has 2 aromatic heterocycles. The van der Waals surface area contributed by atoms with Crippen LogP contribution in [0.2, 0.25) is 5.02 Å². The molecule has 3 rings (SSSR count). The molecule has 4 nitrogen and oxygen atoms in total. The smallest absolute Gasteiger partial charge is 0.252 e. The van der Waals surface area contributed by atoms with Gasteiger partial charge in [-0.05, 0) is 37.1 Å². The van der Waals surface area contributed by atoms with Gasteiger partial charge in [-0.3, -0.25) is 4.79 Å². The summed E-state index contributed by atoms with van der Waals surface area (Å²) < 4.78 is 1.86. The monoisotopic (exact) mass is 313 g/mol. The zero-order chi connectivity index (χ0) is 15.5. The number of pyridine rings is 1. The molecular formula is C17H16ClN3O. The van der Waals surface area contributed by atoms with Gasteiger partial charge in [0.05, 0.1) is 11.3 Å². The van der Waals surface area contributed by atoms with Crippen molar-refractivity contribution in [2.24, 2.45) is 0 Å². The van der Waals surface area contributed by atoms with Crippen LogP contribution >= 0.6 is 11.6 Å². The van der Waals surface area contributed by atoms with Crippen LogP contribution < -0.4 is 5.32 Å². The summed E-state index contributed by atoms with van der Waals surface area (Å²) in [7, 11) is 0. The summed E-state index contributed by atoms with van der Waals surface area (Å²) in [5.74, 6) is -0.0969. The summed E-state index contributed by atoms with van der Waals surface area (Å²) >= 11 is 6.10. The number of imidazole rings is 1. The molecular weight excluding hydrogens is 298 g/mol. The normalized spacial score (nSPS) is 10.8. The standard InChI is InChI=1S/C17H16ClN3O/c1-12-10-21-11-14(6-7-16(21)20-12)17(22)19-9-8-13-4-2-3-5-15(13)18/h2-7,10-11H,8-9H2,1H3,(H,19,22). The Kier molecular flexibility index (Phi) is 4.11. The van der Waals surface area contributed by atoms with Crippen molar-refractivity contribution in [2.75, 3.05) is 6.54 Å². The molecule has 112 valence electrons. The maximum atomic E-state index is 12.2. The summed E-state index contributed by atoms with van der Waals surface area (Å²) in [4.78, 5) is 16.5. The number of halogens is 1. The zero-order valence-corrected chi connectivity index (χ0v) is 13.0. The summed E-state index contributed by atoms with van der Waals surface area (Å²) in [6.45, 7) is 2.47. The van der Waals surface area contributed by atoms with Gasteiger partial charge in [0, 0.05) is 24.0 Å². The Hall–Kier alpha value is -2.33. The van der Waals surface area contributed by atoms with Crippen LogP contribution in [-0.2, 0) is 6.42 Å². The van der Waals surface area contributed by atoms with Crippen molar-refractivity contribution < 1.29 is 4.79 Å². The van der Waals surface area contributed by atoms with Crippen molar-refractivity contribution in [3.05, 3.63) is 70.6 Å². The quantitative estimate of drug-likeness (QED) is 0.803. The summed E-state index contributed by atoms with van der Waals surface area (Å²) in [5.41, 5.74) is 3.41. The van der Waals surface area contributed by atoms with Gasteiger partial charge in [0.2, 0.25) is 0 Å². The molecule has 3 aromatic rings. The van der Waals surface area contributed by atoms with E-state index >= 15 is 0 Å². The number of fused-ring (bicyclic) bond motifs is 1. The maximum absolute atomic E-state index is 12.2. The second-order valence-corrected chi connectivity index (χ2v) is 5.57. The van der Waals surface area contributed by atoms with E-state index in [1.54, 1.807) is 12.3 Å². The number of nitrogens with one attached hydrogen (secondary N) is 1. The van der Waals surface area contributed by atoms with Crippen LogP contribution in [0.4, 0.5) is 0 Å². The molecule has 0 bridgehead atoms. The first-order chi connectivity index (χ1) is 10.6. The van der Waals surface area contributed by atoms with Gasteiger partial charge in [-0.15, -0.1) is 0 Å². The summed E-state index contributed by atoms with van der Waals surface area (Å²) in [6, 6.07) is 11.3. The number of rotatable bonds is 4. The highest BCUT2D eigenvalue weighted by Crippen LogP contribution is 2.15. The predicted octanol–water partition coefficient (Wildman–Crippen LogP) is 3.27. The molecule has 5 heteroatoms. The van der Waals surface area contributed by atoms with Crippen molar-refractivity contribution >= 4 is 23.2 Å². The lowest BCUT2D eigenvalue weighted by molar-refractivity contribution is 0.0953. The molecule has 0 saturated carbocycles. The fourth-order valence-corrected chi connectivity index (χ4v) is 2.60. The van der Waals surface area contributed by atoms with Gasteiger partial charge < -0.3 is 9.72 Å². The first-order valence-electron chi connectivity index (χ1n) is 7.10. The van der Waals surface area contributed by atoms with Crippen LogP contribution in [0.15, 0.2) is 48.8 Å². The fraction of sp³-hybridized carbons (Fsp3) is 0.176. The van der Waals surface area contributed by atoms with E-state index in [4.69, 9.17) is 11.6 Å². The zero-order valence-electron chi connectivity index (χ0n) is 12.2. The van der Waals surface area contributed by atoms with Crippen molar-refractivity contribution in [3.8, 4) is 0 Å². The molecule has 22 heavy (non-hydrogen) atoms. The number of hydrogen-bond acceptors (Lipinski definition) is 2. The lowest BCUT2D eigenvalue weighted by atomic mass is 10.1. The molecule has 0 spiro atoms. The molecule has 0 saturated heterocycles. The molecule has 2 heterocycles. The SMILES string of the molecule is Cc1cn2cc(C(=O)NCCc3ccccc3Cl)ccc2n1. The minimum atomic E-state index is -0.0969. The molecule has 0 radical (unpaired) electrons. The number of carbonyl (C=O) groups excluding carboxylic acids is 1. The number of amides is 1. The van der Waals surface area contributed by atoms with E-state index in [9.17, 15) is 4.79 Å². The number of aromatic nitrogens is 2. The molecule has 1 N–H and O–H groups in total. The van der Waals surface area contributed by atoms with Crippen molar-refractivity contribution in [1.29, 1.82) is 0 Å². The highest BCUT2D eigenvalue weighted by Gasteiger charge is 2.07. The fourth-order valence-electron chi connectivity index (χ4n) is 2.37. The number of hydrogen-bond donors (Lipinski definition) is 1. The summed E-state index contributed by atoms with van der Waals surface area (Å²) in [5, 5.41) is 3.64. The highest BCUT2D eigenvalue weighted by molar-refractivity contribution is 6.31. The summed E-state index contributed by atoms with van der Waals surface area (Å²) in [6.07, 6.45) is 4.40. The van der Waals surface area contributed by atoms with Gasteiger partial charge in [0.1, 0.15) is 5.65 Å². The van der Waals surface area contributed by atoms with Crippen LogP contribution in [0.3, 0.4) is 0 Å². The molecule has 1 aromatic carbocycles. The first-order valence-corrected chi connectivity index (χ1v) is 7.48. The van der Waals surface area contributed by atoms with Gasteiger partial charge in [-0.2, -0.15) is 0 Å². The van der Waals surface area contributed by atoms with E-state index < -0.39 is 0 Å². The largest absolute Gasteiger partial charge is 0.352 e. The van der Waals surface area contributed by atoms with Gasteiger partial charge in [0.25, 0.3) is 5.91 Å². The Labute approximate surface area is 133 Å². The maximum Gasteiger partial charge on any atom is 0.252 e. The Morgan fingerprint density at radius 3 is 2.86 bits per heavy atom. The Morgan fingerprint density at radius 1 is 1.23 bits per heavy atom. The molecule has 0 aliphatic rings. The lowest BCUT2D eigenvalue weighted by Crippen LogP contribution is -2.26. The van der Waals surface area contributed by atoms with E-state index in [2.05, 4.69) is 10.3 Å². The number of benzene rings is 1. The second-order valence-electron chi connectivity index (χ2n) is 5.16. The third-order valence-corrected chi connectivity index (χ3v) is 3.84. The van der Waals surface area contributed by atoms with Crippen molar-refractivity contribution in [3.63, 3.8) is 0 Å². The van der Waals surface area contributed by atoms with Gasteiger partial charge in [-0.25, -0.2) is 4.98 Å². The molecule has 0 atom stereocenters. The Balaban J connectivity index is 1.64. The van der Waals surface area contributed by atoms with E-state index in [0.717, 1.165) is 21.9 Å². The van der Waals surface area contributed by atoms with E-state index in [0.29, 0.717) is 18.5 Å². The first kappa shape index (κ1) is 14.6. The predicted molar refractivity (Wildman–Crippen MR) is 87.4 cm³/mol. The van der Waals surface area contributed by atoms with Crippen LogP contribution in [0.1, 0.15) is 21.6 Å². The van der Waals surface area contributed by atoms with Gasteiger partial charge in [0.15, 0.2) is 0 Å². The third kappa shape index (κ3) is 3.12. The number of nitrogens with zero attached hydrogens (tertiary/aromatic N) is 2. The van der Waals surface area contributed by atoms with Crippen LogP contribution in [0, 0.1) is 6.92 Å². The Morgan fingerprint density at radius 2 is 2.05 bits per heavy atom. The lowest BCUT2D eigenvalue weighted by Gasteiger charge is -2.07. The van der Waals surface area contributed by atoms with E-state index in [1.165, 1.54) is 0 Å². The average Bonchev–Trinajstić information content (AvgIpc) is 2.88.